The van der Waals surface area contributed by atoms with Gasteiger partial charge in [-0.05, 0) is 84.6 Å². The van der Waals surface area contributed by atoms with Crippen molar-refractivity contribution in [2.24, 2.45) is 5.92 Å². The van der Waals surface area contributed by atoms with E-state index in [9.17, 15) is 14.4 Å². The van der Waals surface area contributed by atoms with E-state index < -0.39 is 23.3 Å². The maximum Gasteiger partial charge on any atom is 0.410 e. The van der Waals surface area contributed by atoms with Crippen LogP contribution in [0.4, 0.5) is 15.3 Å². The molecule has 0 spiro atoms. The summed E-state index contributed by atoms with van der Waals surface area (Å²) in [4.78, 5) is 39.0. The van der Waals surface area contributed by atoms with E-state index in [4.69, 9.17) is 14.2 Å². The summed E-state index contributed by atoms with van der Waals surface area (Å²) in [6.07, 6.45) is 1.58. The summed E-state index contributed by atoms with van der Waals surface area (Å²) < 4.78 is 15.9. The lowest BCUT2D eigenvalue weighted by Crippen LogP contribution is -2.43. The number of amides is 2. The molecule has 0 aliphatic carbocycles. The van der Waals surface area contributed by atoms with Gasteiger partial charge >= 0.3 is 18.2 Å². The predicted octanol–water partition coefficient (Wildman–Crippen LogP) is 4.87. The monoisotopic (exact) mass is 489 g/mol. The number of carbonyl (C=O) groups is 3. The Kier molecular flexibility index (Phi) is 7.87. The summed E-state index contributed by atoms with van der Waals surface area (Å²) in [6.45, 7) is 12.1. The van der Waals surface area contributed by atoms with Crippen molar-refractivity contribution in [1.29, 1.82) is 0 Å². The molecule has 2 amide bonds. The summed E-state index contributed by atoms with van der Waals surface area (Å²) >= 11 is 0. The normalized spacial score (nSPS) is 21.3. The van der Waals surface area contributed by atoms with Crippen molar-refractivity contribution in [2.75, 3.05) is 25.5 Å². The molecule has 2 heterocycles. The van der Waals surface area contributed by atoms with Gasteiger partial charge < -0.3 is 29.7 Å². The number of nitrogens with zero attached hydrogens (tertiary/aromatic N) is 1. The molecule has 0 unspecified atom stereocenters. The minimum absolute atomic E-state index is 0.101. The molecule has 0 saturated carbocycles. The number of benzene rings is 1. The number of carbonyl (C=O) groups excluding carboxylic acids is 3. The van der Waals surface area contributed by atoms with Gasteiger partial charge in [0, 0.05) is 30.7 Å². The molecule has 3 atom stereocenters. The van der Waals surface area contributed by atoms with Crippen LogP contribution in [0.2, 0.25) is 0 Å². The topological polar surface area (TPSA) is 106 Å². The predicted molar refractivity (Wildman–Crippen MR) is 132 cm³/mol. The molecule has 1 aromatic carbocycles. The average Bonchev–Trinajstić information content (AvgIpc) is 3.19. The number of ether oxygens (including phenoxy) is 3. The molecule has 9 nitrogen and oxygen atoms in total. The van der Waals surface area contributed by atoms with E-state index in [2.05, 4.69) is 10.6 Å². The van der Waals surface area contributed by atoms with Crippen molar-refractivity contribution in [3.63, 3.8) is 0 Å². The zero-order chi connectivity index (χ0) is 26.0. The van der Waals surface area contributed by atoms with Crippen LogP contribution in [-0.4, -0.2) is 60.5 Å². The third kappa shape index (κ3) is 6.80. The van der Waals surface area contributed by atoms with E-state index in [0.717, 1.165) is 30.5 Å². The van der Waals surface area contributed by atoms with Crippen LogP contribution >= 0.6 is 0 Å². The van der Waals surface area contributed by atoms with Crippen LogP contribution in [0.3, 0.4) is 0 Å². The Bertz CT molecular complexity index is 949. The number of hydrogen-bond donors (Lipinski definition) is 2. The SMILES string of the molecule is COC(=O)c1ccc2c(c1)[C@@H]1[C@@H](CCN1C(=O)OC(C)(C)C)[C@H](CCCNC(=O)OC(C)(C)C)N2. The number of alkyl carbamates (subject to hydrolysis) is 1. The van der Waals surface area contributed by atoms with E-state index >= 15 is 0 Å². The van der Waals surface area contributed by atoms with Gasteiger partial charge in [0.1, 0.15) is 11.2 Å². The maximum atomic E-state index is 13.1. The van der Waals surface area contributed by atoms with Crippen molar-refractivity contribution in [3.8, 4) is 0 Å². The minimum Gasteiger partial charge on any atom is -0.465 e. The van der Waals surface area contributed by atoms with Crippen molar-refractivity contribution in [1.82, 2.24) is 10.2 Å². The summed E-state index contributed by atoms with van der Waals surface area (Å²) in [7, 11) is 1.35. The summed E-state index contributed by atoms with van der Waals surface area (Å²) in [6, 6.07) is 5.30. The Labute approximate surface area is 207 Å². The van der Waals surface area contributed by atoms with Crippen molar-refractivity contribution in [3.05, 3.63) is 29.3 Å². The molecule has 2 aliphatic rings. The molecule has 2 aliphatic heterocycles. The maximum absolute atomic E-state index is 13.1. The molecule has 1 fully saturated rings. The molecular formula is C26H39N3O6. The van der Waals surface area contributed by atoms with Gasteiger partial charge in [0.2, 0.25) is 0 Å². The lowest BCUT2D eigenvalue weighted by Gasteiger charge is -2.40. The smallest absolute Gasteiger partial charge is 0.410 e. The highest BCUT2D eigenvalue weighted by Gasteiger charge is 2.47. The fraction of sp³-hybridized carbons (Fsp3) is 0.654. The number of hydrogen-bond acceptors (Lipinski definition) is 7. The zero-order valence-corrected chi connectivity index (χ0v) is 21.9. The summed E-state index contributed by atoms with van der Waals surface area (Å²) in [5.41, 5.74) is 1.09. The molecule has 0 bridgehead atoms. The van der Waals surface area contributed by atoms with E-state index in [0.29, 0.717) is 18.7 Å². The van der Waals surface area contributed by atoms with Gasteiger partial charge in [-0.2, -0.15) is 0 Å². The summed E-state index contributed by atoms with van der Waals surface area (Å²) in [5, 5.41) is 6.42. The highest BCUT2D eigenvalue weighted by molar-refractivity contribution is 5.90. The van der Waals surface area contributed by atoms with Gasteiger partial charge in [-0.3, -0.25) is 0 Å². The Balaban J connectivity index is 1.77. The van der Waals surface area contributed by atoms with Crippen LogP contribution in [0.25, 0.3) is 0 Å². The minimum atomic E-state index is -0.606. The first kappa shape index (κ1) is 26.6. The Morgan fingerprint density at radius 2 is 1.77 bits per heavy atom. The zero-order valence-electron chi connectivity index (χ0n) is 21.9. The quantitative estimate of drug-likeness (QED) is 0.345. The molecule has 1 aromatic rings. The van der Waals surface area contributed by atoms with Crippen LogP contribution in [0.1, 0.15) is 82.8 Å². The lowest BCUT2D eigenvalue weighted by atomic mass is 9.80. The molecule has 9 heteroatoms. The second-order valence-electron chi connectivity index (χ2n) is 11.2. The van der Waals surface area contributed by atoms with Crippen molar-refractivity contribution in [2.45, 2.75) is 84.1 Å². The summed E-state index contributed by atoms with van der Waals surface area (Å²) in [5.74, 6) is -0.272. The third-order valence-electron chi connectivity index (χ3n) is 6.08. The average molecular weight is 490 g/mol. The second-order valence-corrected chi connectivity index (χ2v) is 11.2. The molecule has 1 saturated heterocycles. The van der Waals surface area contributed by atoms with Crippen LogP contribution in [0.5, 0.6) is 0 Å². The fourth-order valence-electron chi connectivity index (χ4n) is 4.76. The molecule has 3 rings (SSSR count). The van der Waals surface area contributed by atoms with Gasteiger partial charge in [0.25, 0.3) is 0 Å². The van der Waals surface area contributed by atoms with Gasteiger partial charge in [0.15, 0.2) is 0 Å². The fourth-order valence-corrected chi connectivity index (χ4v) is 4.76. The highest BCUT2D eigenvalue weighted by Crippen LogP contribution is 2.48. The van der Waals surface area contributed by atoms with E-state index in [1.54, 1.807) is 11.0 Å². The number of likely N-dealkylation sites (tertiary alicyclic amines) is 1. The number of nitrogens with one attached hydrogen (secondary N) is 2. The molecule has 0 radical (unpaired) electrons. The van der Waals surface area contributed by atoms with Crippen molar-refractivity contribution < 1.29 is 28.6 Å². The largest absolute Gasteiger partial charge is 0.465 e. The number of rotatable bonds is 5. The highest BCUT2D eigenvalue weighted by atomic mass is 16.6. The number of fused-ring (bicyclic) bond motifs is 3. The Morgan fingerprint density at radius 1 is 1.09 bits per heavy atom. The Hall–Kier alpha value is -2.97. The van der Waals surface area contributed by atoms with Crippen LogP contribution in [-0.2, 0) is 14.2 Å². The third-order valence-corrected chi connectivity index (χ3v) is 6.08. The molecule has 194 valence electrons. The van der Waals surface area contributed by atoms with E-state index in [1.165, 1.54) is 7.11 Å². The molecule has 2 N–H and O–H groups in total. The molecule has 0 aromatic heterocycles. The molecular weight excluding hydrogens is 450 g/mol. The van der Waals surface area contributed by atoms with Crippen molar-refractivity contribution >= 4 is 23.8 Å². The van der Waals surface area contributed by atoms with Crippen LogP contribution in [0, 0.1) is 5.92 Å². The second kappa shape index (κ2) is 10.3. The standard InChI is InChI=1S/C26H39N3O6/c1-25(2,3)34-23(31)27-13-8-9-19-17-12-14-29(24(32)35-26(4,5)6)21(17)18-15-16(22(30)33-7)10-11-20(18)28-19/h10-11,15,17,19,21,28H,8-9,12-14H2,1-7H3,(H,27,31)/t17-,19-,21-/m0/s1. The lowest BCUT2D eigenvalue weighted by molar-refractivity contribution is 0.0197. The van der Waals surface area contributed by atoms with Gasteiger partial charge in [-0.15, -0.1) is 0 Å². The number of anilines is 1. The first-order valence-electron chi connectivity index (χ1n) is 12.2. The number of methoxy groups -OCH3 is 1. The van der Waals surface area contributed by atoms with Gasteiger partial charge in [0.05, 0.1) is 18.7 Å². The van der Waals surface area contributed by atoms with E-state index in [1.807, 2.05) is 53.7 Å². The molecule has 35 heavy (non-hydrogen) atoms. The first-order chi connectivity index (χ1) is 16.3. The Morgan fingerprint density at radius 3 is 2.40 bits per heavy atom. The van der Waals surface area contributed by atoms with Crippen LogP contribution < -0.4 is 10.6 Å². The van der Waals surface area contributed by atoms with Gasteiger partial charge in [-0.25, -0.2) is 14.4 Å². The van der Waals surface area contributed by atoms with Crippen LogP contribution in [0.15, 0.2) is 18.2 Å². The van der Waals surface area contributed by atoms with Gasteiger partial charge in [-0.1, -0.05) is 0 Å². The first-order valence-corrected chi connectivity index (χ1v) is 12.2. The number of esters is 1. The van der Waals surface area contributed by atoms with E-state index in [-0.39, 0.29) is 24.1 Å².